The molecule has 0 aliphatic carbocycles. The van der Waals surface area contributed by atoms with E-state index < -0.39 is 5.69 Å². The van der Waals surface area contributed by atoms with Crippen LogP contribution in [-0.2, 0) is 6.54 Å². The maximum absolute atomic E-state index is 12.1. The molecule has 0 saturated heterocycles. The van der Waals surface area contributed by atoms with Crippen LogP contribution in [0.5, 0.6) is 0 Å². The fourth-order valence-electron chi connectivity index (χ4n) is 3.37. The molecule has 7 heteroatoms. The van der Waals surface area contributed by atoms with Crippen molar-refractivity contribution in [1.82, 2.24) is 20.0 Å². The van der Waals surface area contributed by atoms with Crippen molar-refractivity contribution in [3.63, 3.8) is 0 Å². The van der Waals surface area contributed by atoms with E-state index in [1.165, 1.54) is 11.8 Å². The number of nitrogens with one attached hydrogen (secondary N) is 1. The van der Waals surface area contributed by atoms with Gasteiger partial charge in [0.25, 0.3) is 0 Å². The van der Waals surface area contributed by atoms with Crippen LogP contribution in [0, 0.1) is 0 Å². The molecule has 2 heterocycles. The number of aromatic nitrogens is 3. The summed E-state index contributed by atoms with van der Waals surface area (Å²) in [6, 6.07) is 19.9. The molecule has 29 heavy (non-hydrogen) atoms. The molecule has 4 rings (SSSR count). The molecule has 0 aliphatic rings. The second-order valence-electron chi connectivity index (χ2n) is 6.74. The Bertz CT molecular complexity index is 1240. The van der Waals surface area contributed by atoms with Gasteiger partial charge in [0, 0.05) is 25.5 Å². The lowest BCUT2D eigenvalue weighted by molar-refractivity contribution is 0.182. The van der Waals surface area contributed by atoms with Gasteiger partial charge in [-0.3, -0.25) is 0 Å². The largest absolute Gasteiger partial charge is 0.422 e. The quantitative estimate of drug-likeness (QED) is 0.512. The average Bonchev–Trinajstić information content (AvgIpc) is 2.76. The Hall–Kier alpha value is -3.71. The standard InChI is InChI=1S/C22H21N5O2/c1-23-14-15-6-3-7-16(12-15)17-8-4-9-18(13-17)26(2)21-19-10-5-11-24-20(19)27(29)22(28)25-21/h3-13,23,29H,14H2,1-2H3. The molecule has 146 valence electrons. The third-order valence-electron chi connectivity index (χ3n) is 4.80. The molecule has 0 fully saturated rings. The van der Waals surface area contributed by atoms with Gasteiger partial charge in [-0.1, -0.05) is 30.3 Å². The molecule has 4 aromatic rings. The Kier molecular flexibility index (Phi) is 4.97. The third kappa shape index (κ3) is 3.55. The number of nitrogens with zero attached hydrogens (tertiary/aromatic N) is 4. The minimum absolute atomic E-state index is 0.172. The molecule has 7 nitrogen and oxygen atoms in total. The van der Waals surface area contributed by atoms with Crippen LogP contribution >= 0.6 is 0 Å². The number of fused-ring (bicyclic) bond motifs is 1. The van der Waals surface area contributed by atoms with E-state index in [1.807, 2.05) is 43.3 Å². The molecule has 2 N–H and O–H groups in total. The van der Waals surface area contributed by atoms with Gasteiger partial charge in [0.15, 0.2) is 5.65 Å². The molecule has 0 atom stereocenters. The Morgan fingerprint density at radius 1 is 1.07 bits per heavy atom. The monoisotopic (exact) mass is 387 g/mol. The first kappa shape index (κ1) is 18.6. The highest BCUT2D eigenvalue weighted by molar-refractivity contribution is 5.89. The van der Waals surface area contributed by atoms with E-state index in [0.717, 1.165) is 23.4 Å². The highest BCUT2D eigenvalue weighted by Gasteiger charge is 2.15. The minimum atomic E-state index is -0.769. The van der Waals surface area contributed by atoms with Gasteiger partial charge in [0.05, 0.1) is 5.39 Å². The fraction of sp³-hybridized carbons (Fsp3) is 0.136. The zero-order chi connectivity index (χ0) is 20.4. The fourth-order valence-corrected chi connectivity index (χ4v) is 3.37. The van der Waals surface area contributed by atoms with Crippen molar-refractivity contribution in [2.45, 2.75) is 6.54 Å². The molecule has 2 aromatic carbocycles. The number of benzene rings is 2. The Labute approximate surface area is 167 Å². The summed E-state index contributed by atoms with van der Waals surface area (Å²) >= 11 is 0. The second-order valence-corrected chi connectivity index (χ2v) is 6.74. The average molecular weight is 387 g/mol. The first-order valence-corrected chi connectivity index (χ1v) is 9.23. The van der Waals surface area contributed by atoms with Crippen molar-refractivity contribution in [3.05, 3.63) is 82.9 Å². The predicted molar refractivity (Wildman–Crippen MR) is 114 cm³/mol. The summed E-state index contributed by atoms with van der Waals surface area (Å²) in [4.78, 5) is 22.1. The Balaban J connectivity index is 1.78. The number of rotatable bonds is 5. The number of hydrogen-bond acceptors (Lipinski definition) is 6. The van der Waals surface area contributed by atoms with Crippen LogP contribution in [0.4, 0.5) is 11.5 Å². The van der Waals surface area contributed by atoms with E-state index in [1.54, 1.807) is 12.1 Å². The predicted octanol–water partition coefficient (Wildman–Crippen LogP) is 3.18. The van der Waals surface area contributed by atoms with E-state index in [2.05, 4.69) is 39.6 Å². The molecule has 0 saturated carbocycles. The maximum Gasteiger partial charge on any atom is 0.384 e. The topological polar surface area (TPSA) is 83.3 Å². The van der Waals surface area contributed by atoms with Crippen LogP contribution in [0.3, 0.4) is 0 Å². The van der Waals surface area contributed by atoms with E-state index in [-0.39, 0.29) is 5.65 Å². The number of pyridine rings is 1. The maximum atomic E-state index is 12.1. The van der Waals surface area contributed by atoms with E-state index >= 15 is 0 Å². The highest BCUT2D eigenvalue weighted by atomic mass is 16.5. The van der Waals surface area contributed by atoms with Crippen LogP contribution in [0.15, 0.2) is 71.7 Å². The first-order valence-electron chi connectivity index (χ1n) is 9.23. The highest BCUT2D eigenvalue weighted by Crippen LogP contribution is 2.30. The normalized spacial score (nSPS) is 11.0. The van der Waals surface area contributed by atoms with Gasteiger partial charge in [-0.15, -0.1) is 4.73 Å². The molecule has 0 bridgehead atoms. The lowest BCUT2D eigenvalue weighted by atomic mass is 10.0. The molecular formula is C22H21N5O2. The van der Waals surface area contributed by atoms with Crippen LogP contribution in [0.25, 0.3) is 22.2 Å². The third-order valence-corrected chi connectivity index (χ3v) is 4.80. The van der Waals surface area contributed by atoms with Crippen LogP contribution in [0.1, 0.15) is 5.56 Å². The summed E-state index contributed by atoms with van der Waals surface area (Å²) in [5.74, 6) is 0.435. The van der Waals surface area contributed by atoms with E-state index in [0.29, 0.717) is 15.9 Å². The molecule has 0 amide bonds. The molecule has 0 spiro atoms. The van der Waals surface area contributed by atoms with Crippen molar-refractivity contribution < 1.29 is 5.21 Å². The molecule has 0 aliphatic heterocycles. The van der Waals surface area contributed by atoms with E-state index in [9.17, 15) is 10.0 Å². The van der Waals surface area contributed by atoms with Gasteiger partial charge < -0.3 is 15.4 Å². The minimum Gasteiger partial charge on any atom is -0.422 e. The summed E-state index contributed by atoms with van der Waals surface area (Å²) in [6.45, 7) is 0.799. The second kappa shape index (κ2) is 7.73. The summed E-state index contributed by atoms with van der Waals surface area (Å²) in [6.07, 6.45) is 1.52. The van der Waals surface area contributed by atoms with E-state index in [4.69, 9.17) is 0 Å². The Morgan fingerprint density at radius 3 is 2.62 bits per heavy atom. The lowest BCUT2D eigenvalue weighted by Crippen LogP contribution is -2.25. The summed E-state index contributed by atoms with van der Waals surface area (Å²) in [7, 11) is 3.76. The smallest absolute Gasteiger partial charge is 0.384 e. The summed E-state index contributed by atoms with van der Waals surface area (Å²) in [5, 5.41) is 13.7. The molecule has 0 unspecified atom stereocenters. The molecule has 0 radical (unpaired) electrons. The van der Waals surface area contributed by atoms with Crippen LogP contribution in [0.2, 0.25) is 0 Å². The van der Waals surface area contributed by atoms with Crippen molar-refractivity contribution >= 4 is 22.5 Å². The number of hydrogen-bond donors (Lipinski definition) is 2. The van der Waals surface area contributed by atoms with Gasteiger partial charge >= 0.3 is 5.69 Å². The Morgan fingerprint density at radius 2 is 1.83 bits per heavy atom. The van der Waals surface area contributed by atoms with Crippen LogP contribution < -0.4 is 15.9 Å². The van der Waals surface area contributed by atoms with Gasteiger partial charge in [0.1, 0.15) is 5.82 Å². The summed E-state index contributed by atoms with van der Waals surface area (Å²) < 4.78 is 0.469. The van der Waals surface area contributed by atoms with Crippen molar-refractivity contribution in [2.75, 3.05) is 19.0 Å². The van der Waals surface area contributed by atoms with Crippen molar-refractivity contribution in [3.8, 4) is 11.1 Å². The zero-order valence-electron chi connectivity index (χ0n) is 16.2. The first-order chi connectivity index (χ1) is 14.1. The van der Waals surface area contributed by atoms with Crippen molar-refractivity contribution in [1.29, 1.82) is 0 Å². The summed E-state index contributed by atoms with van der Waals surface area (Å²) in [5.41, 5.74) is 3.64. The van der Waals surface area contributed by atoms with Gasteiger partial charge in [0.2, 0.25) is 0 Å². The zero-order valence-corrected chi connectivity index (χ0v) is 16.2. The van der Waals surface area contributed by atoms with Gasteiger partial charge in [-0.25, -0.2) is 9.78 Å². The number of anilines is 2. The van der Waals surface area contributed by atoms with Crippen molar-refractivity contribution in [2.24, 2.45) is 0 Å². The van der Waals surface area contributed by atoms with Gasteiger partial charge in [-0.2, -0.15) is 4.98 Å². The van der Waals surface area contributed by atoms with Crippen LogP contribution in [-0.4, -0.2) is 34.0 Å². The lowest BCUT2D eigenvalue weighted by Gasteiger charge is -2.20. The van der Waals surface area contributed by atoms with Gasteiger partial charge in [-0.05, 0) is 54.1 Å². The molecule has 2 aromatic heterocycles. The molecular weight excluding hydrogens is 366 g/mol. The SMILES string of the molecule is CNCc1cccc(-c2cccc(N(C)c3nc(=O)n(O)c4ncccc34)c2)c1.